The normalized spacial score (nSPS) is 19.8. The number of para-hydroxylation sites is 1. The third-order valence-corrected chi connectivity index (χ3v) is 5.83. The van der Waals surface area contributed by atoms with Crippen molar-refractivity contribution in [1.82, 2.24) is 19.9 Å². The van der Waals surface area contributed by atoms with E-state index in [1.807, 2.05) is 19.1 Å². The molecule has 1 aromatic heterocycles. The van der Waals surface area contributed by atoms with Crippen molar-refractivity contribution in [1.29, 1.82) is 0 Å². The first-order chi connectivity index (χ1) is 14.5. The first kappa shape index (κ1) is 20.3. The van der Waals surface area contributed by atoms with Crippen LogP contribution in [0.2, 0.25) is 0 Å². The van der Waals surface area contributed by atoms with E-state index in [1.165, 1.54) is 7.11 Å². The van der Waals surface area contributed by atoms with Crippen LogP contribution in [0.4, 0.5) is 0 Å². The summed E-state index contributed by atoms with van der Waals surface area (Å²) in [4.78, 5) is 33.5. The largest absolute Gasteiger partial charge is 0.493 e. The smallest absolute Gasteiger partial charge is 0.257 e. The molecule has 1 spiro atoms. The van der Waals surface area contributed by atoms with E-state index in [0.29, 0.717) is 55.8 Å². The van der Waals surface area contributed by atoms with Gasteiger partial charge < -0.3 is 23.8 Å². The number of carbonyl (C=O) groups excluding carboxylic acids is 2. The van der Waals surface area contributed by atoms with Crippen LogP contribution in [-0.4, -0.2) is 78.3 Å². The van der Waals surface area contributed by atoms with Crippen LogP contribution in [0, 0.1) is 12.3 Å². The molecule has 1 aromatic carbocycles. The first-order valence-corrected chi connectivity index (χ1v) is 10.1. The van der Waals surface area contributed by atoms with Gasteiger partial charge in [0.15, 0.2) is 5.82 Å². The molecule has 2 aliphatic rings. The second-order valence-corrected chi connectivity index (χ2v) is 7.89. The van der Waals surface area contributed by atoms with Gasteiger partial charge in [-0.2, -0.15) is 4.98 Å². The standard InChI is InChI=1S/C21H26N4O5/c1-4-29-17-8-6-5-7-15(17)20(27)25-12-21(13-25)11-24(18(26)10-28-3)9-16(21)19-22-14(2)23-30-19/h5-8,16H,4,9-13H2,1-3H3. The Morgan fingerprint density at radius 3 is 2.63 bits per heavy atom. The van der Waals surface area contributed by atoms with Gasteiger partial charge in [0.05, 0.1) is 18.1 Å². The maximum Gasteiger partial charge on any atom is 0.257 e. The lowest BCUT2D eigenvalue weighted by Crippen LogP contribution is -2.61. The van der Waals surface area contributed by atoms with E-state index in [4.69, 9.17) is 14.0 Å². The van der Waals surface area contributed by atoms with Gasteiger partial charge in [0.2, 0.25) is 11.8 Å². The van der Waals surface area contributed by atoms with E-state index in [2.05, 4.69) is 10.1 Å². The molecule has 2 aromatic rings. The van der Waals surface area contributed by atoms with Crippen molar-refractivity contribution < 1.29 is 23.6 Å². The number of likely N-dealkylation sites (tertiary alicyclic amines) is 2. The van der Waals surface area contributed by atoms with Gasteiger partial charge in [-0.25, -0.2) is 0 Å². The molecule has 1 unspecified atom stereocenters. The fourth-order valence-corrected chi connectivity index (χ4v) is 4.44. The molecule has 160 valence electrons. The van der Waals surface area contributed by atoms with E-state index in [1.54, 1.807) is 28.9 Å². The fourth-order valence-electron chi connectivity index (χ4n) is 4.44. The first-order valence-electron chi connectivity index (χ1n) is 10.1. The lowest BCUT2D eigenvalue weighted by Gasteiger charge is -2.50. The van der Waals surface area contributed by atoms with Gasteiger partial charge >= 0.3 is 0 Å². The molecule has 4 rings (SSSR count). The van der Waals surface area contributed by atoms with Crippen molar-refractivity contribution in [2.24, 2.45) is 5.41 Å². The Balaban J connectivity index is 1.54. The minimum Gasteiger partial charge on any atom is -0.493 e. The average molecular weight is 414 g/mol. The third kappa shape index (κ3) is 3.54. The molecule has 2 amide bonds. The second kappa shape index (κ2) is 8.06. The molecule has 0 saturated carbocycles. The third-order valence-electron chi connectivity index (χ3n) is 5.83. The van der Waals surface area contributed by atoms with Crippen LogP contribution >= 0.6 is 0 Å². The van der Waals surface area contributed by atoms with Crippen molar-refractivity contribution in [3.05, 3.63) is 41.5 Å². The van der Waals surface area contributed by atoms with Crippen LogP contribution in [0.25, 0.3) is 0 Å². The Morgan fingerprint density at radius 1 is 1.23 bits per heavy atom. The van der Waals surface area contributed by atoms with Crippen molar-refractivity contribution in [2.75, 3.05) is 46.5 Å². The number of hydrogen-bond acceptors (Lipinski definition) is 7. The Morgan fingerprint density at radius 2 is 1.97 bits per heavy atom. The summed E-state index contributed by atoms with van der Waals surface area (Å²) in [5.41, 5.74) is 0.239. The number of benzene rings is 1. The highest BCUT2D eigenvalue weighted by atomic mass is 16.5. The topological polar surface area (TPSA) is 98.0 Å². The number of aryl methyl sites for hydroxylation is 1. The van der Waals surface area contributed by atoms with E-state index in [9.17, 15) is 9.59 Å². The van der Waals surface area contributed by atoms with E-state index >= 15 is 0 Å². The SMILES string of the molecule is CCOc1ccccc1C(=O)N1CC2(CN(C(=O)COC)CC2c2nc(C)no2)C1. The van der Waals surface area contributed by atoms with Gasteiger partial charge in [-0.1, -0.05) is 17.3 Å². The highest BCUT2D eigenvalue weighted by molar-refractivity contribution is 5.97. The molecular weight excluding hydrogens is 388 g/mol. The van der Waals surface area contributed by atoms with Gasteiger partial charge in [-0.15, -0.1) is 0 Å². The lowest BCUT2D eigenvalue weighted by atomic mass is 9.71. The molecule has 9 nitrogen and oxygen atoms in total. The quantitative estimate of drug-likeness (QED) is 0.706. The van der Waals surface area contributed by atoms with Crippen LogP contribution in [-0.2, 0) is 9.53 Å². The lowest BCUT2D eigenvalue weighted by molar-refractivity contribution is -0.134. The zero-order valence-electron chi connectivity index (χ0n) is 17.5. The molecule has 0 radical (unpaired) electrons. The van der Waals surface area contributed by atoms with Gasteiger partial charge in [-0.05, 0) is 26.0 Å². The van der Waals surface area contributed by atoms with E-state index in [0.717, 1.165) is 0 Å². The number of ether oxygens (including phenoxy) is 2. The molecule has 0 N–H and O–H groups in total. The summed E-state index contributed by atoms with van der Waals surface area (Å²) in [7, 11) is 1.50. The number of nitrogens with zero attached hydrogens (tertiary/aromatic N) is 4. The maximum absolute atomic E-state index is 13.1. The van der Waals surface area contributed by atoms with Crippen molar-refractivity contribution in [3.8, 4) is 5.75 Å². The fraction of sp³-hybridized carbons (Fsp3) is 0.524. The summed E-state index contributed by atoms with van der Waals surface area (Å²) in [6.45, 7) is 6.19. The summed E-state index contributed by atoms with van der Waals surface area (Å²) in [5.74, 6) is 1.37. The summed E-state index contributed by atoms with van der Waals surface area (Å²) < 4.78 is 16.1. The Kier molecular flexibility index (Phi) is 5.46. The van der Waals surface area contributed by atoms with Gasteiger partial charge in [0, 0.05) is 38.7 Å². The average Bonchev–Trinajstić information content (AvgIpc) is 3.31. The zero-order valence-corrected chi connectivity index (χ0v) is 17.5. The number of aromatic nitrogens is 2. The highest BCUT2D eigenvalue weighted by Crippen LogP contribution is 2.49. The van der Waals surface area contributed by atoms with Crippen LogP contribution in [0.5, 0.6) is 5.75 Å². The van der Waals surface area contributed by atoms with Gasteiger partial charge in [-0.3, -0.25) is 9.59 Å². The summed E-state index contributed by atoms with van der Waals surface area (Å²) in [6.07, 6.45) is 0. The van der Waals surface area contributed by atoms with Gasteiger partial charge in [0.25, 0.3) is 5.91 Å². The minimum atomic E-state index is -0.307. The van der Waals surface area contributed by atoms with Crippen LogP contribution in [0.1, 0.15) is 34.9 Å². The van der Waals surface area contributed by atoms with E-state index in [-0.39, 0.29) is 29.8 Å². The summed E-state index contributed by atoms with van der Waals surface area (Å²) in [6, 6.07) is 7.26. The Labute approximate surface area is 174 Å². The number of rotatable bonds is 6. The summed E-state index contributed by atoms with van der Waals surface area (Å²) in [5, 5.41) is 3.91. The molecule has 3 heterocycles. The Hall–Kier alpha value is -2.94. The molecule has 30 heavy (non-hydrogen) atoms. The van der Waals surface area contributed by atoms with Crippen molar-refractivity contribution in [2.45, 2.75) is 19.8 Å². The summed E-state index contributed by atoms with van der Waals surface area (Å²) >= 11 is 0. The molecule has 0 bridgehead atoms. The number of carbonyl (C=O) groups is 2. The Bertz CT molecular complexity index is 937. The monoisotopic (exact) mass is 414 g/mol. The van der Waals surface area contributed by atoms with Crippen LogP contribution in [0.15, 0.2) is 28.8 Å². The molecule has 2 aliphatic heterocycles. The predicted octanol–water partition coefficient (Wildman–Crippen LogP) is 1.49. The second-order valence-electron chi connectivity index (χ2n) is 7.89. The predicted molar refractivity (Wildman–Crippen MR) is 106 cm³/mol. The van der Waals surface area contributed by atoms with Crippen LogP contribution in [0.3, 0.4) is 0 Å². The molecular formula is C21H26N4O5. The van der Waals surface area contributed by atoms with E-state index < -0.39 is 0 Å². The highest BCUT2D eigenvalue weighted by Gasteiger charge is 2.58. The van der Waals surface area contributed by atoms with Crippen molar-refractivity contribution >= 4 is 11.8 Å². The molecule has 9 heteroatoms. The number of methoxy groups -OCH3 is 1. The maximum atomic E-state index is 13.1. The zero-order chi connectivity index (χ0) is 21.3. The number of amides is 2. The van der Waals surface area contributed by atoms with Crippen LogP contribution < -0.4 is 4.74 Å². The molecule has 0 aliphatic carbocycles. The van der Waals surface area contributed by atoms with Crippen molar-refractivity contribution in [3.63, 3.8) is 0 Å². The minimum absolute atomic E-state index is 0.0238. The molecule has 2 fully saturated rings. The molecule has 1 atom stereocenters. The number of hydrogen-bond donors (Lipinski definition) is 0. The molecule has 2 saturated heterocycles. The van der Waals surface area contributed by atoms with Gasteiger partial charge in [0.1, 0.15) is 12.4 Å².